The summed E-state index contributed by atoms with van der Waals surface area (Å²) in [5.41, 5.74) is 0.385. The molecule has 0 amide bonds. The maximum atomic E-state index is 12.2. The Bertz CT molecular complexity index is 372. The fourth-order valence-corrected chi connectivity index (χ4v) is 1.58. The molecule has 4 nitrogen and oxygen atoms in total. The number of nitrogens with zero attached hydrogens (tertiary/aromatic N) is 2. The molecule has 0 atom stereocenters. The van der Waals surface area contributed by atoms with Crippen LogP contribution in [0.2, 0.25) is 0 Å². The van der Waals surface area contributed by atoms with Gasteiger partial charge in [0.2, 0.25) is 0 Å². The van der Waals surface area contributed by atoms with Crippen molar-refractivity contribution in [2.24, 2.45) is 0 Å². The summed E-state index contributed by atoms with van der Waals surface area (Å²) in [5, 5.41) is 3.88. The van der Waals surface area contributed by atoms with Crippen LogP contribution >= 0.6 is 0 Å². The molecule has 0 aliphatic rings. The molecule has 0 aliphatic carbocycles. The van der Waals surface area contributed by atoms with E-state index in [1.165, 1.54) is 6.20 Å². The van der Waals surface area contributed by atoms with Crippen LogP contribution < -0.4 is 0 Å². The topological polar surface area (TPSA) is 52.0 Å². The van der Waals surface area contributed by atoms with Gasteiger partial charge >= 0.3 is 10.2 Å². The number of rotatable bonds is 4. The van der Waals surface area contributed by atoms with E-state index in [9.17, 15) is 12.3 Å². The summed E-state index contributed by atoms with van der Waals surface area (Å²) >= 11 is 0. The third-order valence-electron chi connectivity index (χ3n) is 1.48. The fraction of sp³-hybridized carbons (Fsp3) is 0.571. The second kappa shape index (κ2) is 3.87. The van der Waals surface area contributed by atoms with Gasteiger partial charge in [0.05, 0.1) is 6.20 Å². The normalized spacial score (nSPS) is 11.8. The van der Waals surface area contributed by atoms with Crippen molar-refractivity contribution in [1.29, 1.82) is 0 Å². The van der Waals surface area contributed by atoms with Crippen LogP contribution in [0.1, 0.15) is 18.9 Å². The Morgan fingerprint density at radius 3 is 2.85 bits per heavy atom. The number of hydrogen-bond donors (Lipinski definition) is 0. The largest absolute Gasteiger partial charge is 0.306 e. The Hall–Kier alpha value is -0.910. The second-order valence-corrected chi connectivity index (χ2v) is 4.16. The first-order valence-electron chi connectivity index (χ1n) is 3.95. The lowest BCUT2D eigenvalue weighted by atomic mass is 10.4. The highest BCUT2D eigenvalue weighted by atomic mass is 32.3. The van der Waals surface area contributed by atoms with E-state index in [1.54, 1.807) is 10.9 Å². The van der Waals surface area contributed by atoms with Gasteiger partial charge in [0, 0.05) is 18.3 Å². The molecule has 1 aromatic heterocycles. The fourth-order valence-electron chi connectivity index (χ4n) is 1.03. The molecule has 1 rings (SSSR count). The van der Waals surface area contributed by atoms with Gasteiger partial charge in [0.25, 0.3) is 0 Å². The predicted molar refractivity (Wildman–Crippen MR) is 46.2 cm³/mol. The number of halogens is 1. The summed E-state index contributed by atoms with van der Waals surface area (Å²) in [7, 11) is -4.43. The maximum Gasteiger partial charge on any atom is 0.306 e. The second-order valence-electron chi connectivity index (χ2n) is 2.79. The van der Waals surface area contributed by atoms with Gasteiger partial charge in [0.15, 0.2) is 0 Å². The smallest absolute Gasteiger partial charge is 0.272 e. The highest BCUT2D eigenvalue weighted by molar-refractivity contribution is 7.85. The first-order chi connectivity index (χ1) is 6.01. The molecule has 0 spiro atoms. The third kappa shape index (κ3) is 3.54. The molecule has 0 saturated heterocycles. The van der Waals surface area contributed by atoms with E-state index in [4.69, 9.17) is 0 Å². The number of aromatic nitrogens is 2. The lowest BCUT2D eigenvalue weighted by Gasteiger charge is -1.94. The quantitative estimate of drug-likeness (QED) is 0.693. The van der Waals surface area contributed by atoms with Gasteiger partial charge in [-0.2, -0.15) is 13.5 Å². The first-order valence-corrected chi connectivity index (χ1v) is 5.50. The molecule has 0 aromatic carbocycles. The Balaban J connectivity index is 2.69. The monoisotopic (exact) mass is 206 g/mol. The van der Waals surface area contributed by atoms with Crippen molar-refractivity contribution >= 4 is 10.2 Å². The Morgan fingerprint density at radius 2 is 2.31 bits per heavy atom. The van der Waals surface area contributed by atoms with Crippen molar-refractivity contribution in [1.82, 2.24) is 9.78 Å². The van der Waals surface area contributed by atoms with Crippen molar-refractivity contribution in [3.8, 4) is 0 Å². The minimum Gasteiger partial charge on any atom is -0.272 e. The molecule has 1 aromatic rings. The molecule has 1 heterocycles. The molecular weight excluding hydrogens is 195 g/mol. The van der Waals surface area contributed by atoms with Crippen LogP contribution in [0, 0.1) is 0 Å². The average molecular weight is 206 g/mol. The summed E-state index contributed by atoms with van der Waals surface area (Å²) in [5.74, 6) is -0.587. The molecule has 74 valence electrons. The van der Waals surface area contributed by atoms with E-state index >= 15 is 0 Å². The summed E-state index contributed by atoms with van der Waals surface area (Å²) in [6, 6.07) is 0. The van der Waals surface area contributed by atoms with E-state index in [-0.39, 0.29) is 0 Å². The van der Waals surface area contributed by atoms with Crippen LogP contribution in [0.4, 0.5) is 3.89 Å². The molecule has 0 unspecified atom stereocenters. The van der Waals surface area contributed by atoms with Gasteiger partial charge in [0.1, 0.15) is 5.75 Å². The summed E-state index contributed by atoms with van der Waals surface area (Å²) in [6.45, 7) is 2.69. The minimum atomic E-state index is -4.43. The Morgan fingerprint density at radius 1 is 1.62 bits per heavy atom. The summed E-state index contributed by atoms with van der Waals surface area (Å²) in [6.07, 6.45) is 3.82. The molecular formula is C7H11FN2O2S. The van der Waals surface area contributed by atoms with Crippen molar-refractivity contribution < 1.29 is 12.3 Å². The summed E-state index contributed by atoms with van der Waals surface area (Å²) in [4.78, 5) is 0. The Labute approximate surface area is 76.6 Å². The highest BCUT2D eigenvalue weighted by Gasteiger charge is 2.10. The van der Waals surface area contributed by atoms with Crippen molar-refractivity contribution in [3.05, 3.63) is 18.0 Å². The SMILES string of the molecule is CCCn1cc(CS(=O)(=O)F)cn1. The zero-order chi connectivity index (χ0) is 9.90. The summed E-state index contributed by atoms with van der Waals surface area (Å²) < 4.78 is 34.3. The third-order valence-corrected chi connectivity index (χ3v) is 2.16. The van der Waals surface area contributed by atoms with E-state index in [0.717, 1.165) is 6.42 Å². The standard InChI is InChI=1S/C7H11FN2O2S/c1-2-3-10-5-7(4-9-10)6-13(8,11)12/h4-5H,2-3,6H2,1H3. The van der Waals surface area contributed by atoms with Crippen LogP contribution in [0.25, 0.3) is 0 Å². The van der Waals surface area contributed by atoms with Gasteiger partial charge in [-0.25, -0.2) is 0 Å². The Kier molecular flexibility index (Phi) is 3.02. The van der Waals surface area contributed by atoms with Crippen LogP contribution in [0.15, 0.2) is 12.4 Å². The molecule has 0 bridgehead atoms. The van der Waals surface area contributed by atoms with Crippen molar-refractivity contribution in [2.45, 2.75) is 25.6 Å². The molecule has 0 N–H and O–H groups in total. The van der Waals surface area contributed by atoms with Crippen LogP contribution in [-0.4, -0.2) is 18.2 Å². The zero-order valence-electron chi connectivity index (χ0n) is 7.27. The van der Waals surface area contributed by atoms with Crippen LogP contribution in [-0.2, 0) is 22.5 Å². The van der Waals surface area contributed by atoms with E-state index in [2.05, 4.69) is 5.10 Å². The van der Waals surface area contributed by atoms with Gasteiger partial charge in [-0.3, -0.25) is 4.68 Å². The zero-order valence-corrected chi connectivity index (χ0v) is 8.09. The highest BCUT2D eigenvalue weighted by Crippen LogP contribution is 2.06. The van der Waals surface area contributed by atoms with Gasteiger partial charge in [-0.15, -0.1) is 3.89 Å². The number of aryl methyl sites for hydroxylation is 1. The molecule has 0 fully saturated rings. The van der Waals surface area contributed by atoms with E-state index in [1.807, 2.05) is 6.92 Å². The van der Waals surface area contributed by atoms with Gasteiger partial charge in [-0.05, 0) is 6.42 Å². The minimum absolute atomic E-state index is 0.385. The van der Waals surface area contributed by atoms with Gasteiger partial charge in [-0.1, -0.05) is 6.92 Å². The number of hydrogen-bond acceptors (Lipinski definition) is 3. The predicted octanol–water partition coefficient (Wildman–Crippen LogP) is 1.09. The molecule has 0 radical (unpaired) electrons. The molecule has 0 saturated carbocycles. The van der Waals surface area contributed by atoms with Crippen molar-refractivity contribution in [3.63, 3.8) is 0 Å². The van der Waals surface area contributed by atoms with Crippen LogP contribution in [0.5, 0.6) is 0 Å². The molecule has 6 heteroatoms. The lowest BCUT2D eigenvalue weighted by Crippen LogP contribution is -1.97. The lowest BCUT2D eigenvalue weighted by molar-refractivity contribution is 0.551. The average Bonchev–Trinajstić information content (AvgIpc) is 2.33. The molecule has 13 heavy (non-hydrogen) atoms. The van der Waals surface area contributed by atoms with E-state index < -0.39 is 16.0 Å². The van der Waals surface area contributed by atoms with Crippen LogP contribution in [0.3, 0.4) is 0 Å². The van der Waals surface area contributed by atoms with Gasteiger partial charge < -0.3 is 0 Å². The van der Waals surface area contributed by atoms with Crippen molar-refractivity contribution in [2.75, 3.05) is 0 Å². The first kappa shape index (κ1) is 10.2. The maximum absolute atomic E-state index is 12.2. The molecule has 0 aliphatic heterocycles. The van der Waals surface area contributed by atoms with E-state index in [0.29, 0.717) is 12.1 Å².